The van der Waals surface area contributed by atoms with Gasteiger partial charge in [-0.15, -0.1) is 0 Å². The zero-order chi connectivity index (χ0) is 15.4. The van der Waals surface area contributed by atoms with E-state index in [0.29, 0.717) is 13.0 Å². The van der Waals surface area contributed by atoms with E-state index in [1.807, 2.05) is 42.5 Å². The summed E-state index contributed by atoms with van der Waals surface area (Å²) in [5.74, 6) is 0.587. The molecule has 1 atom stereocenters. The summed E-state index contributed by atoms with van der Waals surface area (Å²) < 4.78 is 6.04. The van der Waals surface area contributed by atoms with E-state index in [9.17, 15) is 4.79 Å². The van der Waals surface area contributed by atoms with Gasteiger partial charge in [-0.05, 0) is 30.2 Å². The van der Waals surface area contributed by atoms with Crippen LogP contribution in [-0.2, 0) is 17.8 Å². The molecular weight excluding hydrogens is 278 g/mol. The normalized spacial score (nSPS) is 19.9. The van der Waals surface area contributed by atoms with Gasteiger partial charge >= 0.3 is 0 Å². The Morgan fingerprint density at radius 1 is 1.27 bits per heavy atom. The van der Waals surface area contributed by atoms with Gasteiger partial charge in [-0.25, -0.2) is 0 Å². The van der Waals surface area contributed by atoms with Gasteiger partial charge in [0.15, 0.2) is 0 Å². The molecule has 1 aromatic carbocycles. The first-order valence-electron chi connectivity index (χ1n) is 7.37. The first kappa shape index (κ1) is 14.5. The fourth-order valence-electron chi connectivity index (χ4n) is 2.66. The van der Waals surface area contributed by atoms with Crippen molar-refractivity contribution in [3.63, 3.8) is 0 Å². The zero-order valence-electron chi connectivity index (χ0n) is 12.5. The number of aromatic nitrogens is 1. The molecule has 0 saturated carbocycles. The Labute approximate surface area is 129 Å². The van der Waals surface area contributed by atoms with Crippen LogP contribution in [0.25, 0.3) is 0 Å². The van der Waals surface area contributed by atoms with Crippen LogP contribution in [0.2, 0.25) is 0 Å². The number of ether oxygens (including phenoxy) is 1. The quantitative estimate of drug-likeness (QED) is 0.900. The maximum absolute atomic E-state index is 12.4. The molecule has 2 N–H and O–H groups in total. The fraction of sp³-hybridized carbons (Fsp3) is 0.294. The molecule has 1 aromatic heterocycles. The lowest BCUT2D eigenvalue weighted by atomic mass is 9.96. The number of likely N-dealkylation sites (N-methyl/N-ethyl adjacent to an activating group) is 1. The molecule has 0 radical (unpaired) electrons. The number of rotatable bonds is 4. The second kappa shape index (κ2) is 6.15. The van der Waals surface area contributed by atoms with Crippen LogP contribution >= 0.6 is 0 Å². The van der Waals surface area contributed by atoms with E-state index in [0.717, 1.165) is 23.4 Å². The molecule has 0 fully saturated rings. The maximum atomic E-state index is 12.4. The summed E-state index contributed by atoms with van der Waals surface area (Å²) in [5.41, 5.74) is 0.940. The van der Waals surface area contributed by atoms with Crippen molar-refractivity contribution in [3.05, 3.63) is 59.9 Å². The largest absolute Gasteiger partial charge is 0.463 e. The van der Waals surface area contributed by atoms with Crippen molar-refractivity contribution >= 4 is 5.91 Å². The van der Waals surface area contributed by atoms with Crippen LogP contribution < -0.4 is 15.4 Å². The standard InChI is InChI=1S/C17H19N3O2/c1-18-16(21)17(20-12-14-7-4-5-11-19-14)10-9-13-6-2-3-8-15(13)22-17/h2-8,11,20H,9-10,12H2,1H3,(H,18,21)/t17-/m1/s1. The Bertz CT molecular complexity index is 660. The molecule has 0 aliphatic carbocycles. The SMILES string of the molecule is CNC(=O)[C@@]1(NCc2ccccn2)CCc2ccccc2O1. The van der Waals surface area contributed by atoms with Gasteiger partial charge in [-0.3, -0.25) is 15.1 Å². The highest BCUT2D eigenvalue weighted by atomic mass is 16.5. The van der Waals surface area contributed by atoms with E-state index in [-0.39, 0.29) is 5.91 Å². The number of carbonyl (C=O) groups excluding carboxylic acids is 1. The van der Waals surface area contributed by atoms with Crippen LogP contribution in [-0.4, -0.2) is 23.7 Å². The van der Waals surface area contributed by atoms with Crippen molar-refractivity contribution in [2.24, 2.45) is 0 Å². The van der Waals surface area contributed by atoms with Crippen LogP contribution in [0.3, 0.4) is 0 Å². The van der Waals surface area contributed by atoms with E-state index >= 15 is 0 Å². The topological polar surface area (TPSA) is 63.2 Å². The van der Waals surface area contributed by atoms with Gasteiger partial charge < -0.3 is 10.1 Å². The first-order chi connectivity index (χ1) is 10.7. The van der Waals surface area contributed by atoms with Crippen LogP contribution in [0.15, 0.2) is 48.7 Å². The van der Waals surface area contributed by atoms with Gasteiger partial charge in [-0.1, -0.05) is 24.3 Å². The van der Waals surface area contributed by atoms with Gasteiger partial charge in [0.05, 0.1) is 5.69 Å². The molecule has 1 aliphatic rings. The van der Waals surface area contributed by atoms with E-state index in [1.54, 1.807) is 13.2 Å². The molecule has 2 heterocycles. The van der Waals surface area contributed by atoms with Gasteiger partial charge in [0.25, 0.3) is 5.91 Å². The van der Waals surface area contributed by atoms with Gasteiger partial charge in [0.1, 0.15) is 5.75 Å². The number of benzene rings is 1. The molecule has 22 heavy (non-hydrogen) atoms. The molecule has 1 amide bonds. The monoisotopic (exact) mass is 297 g/mol. The highest BCUT2D eigenvalue weighted by Crippen LogP contribution is 2.32. The van der Waals surface area contributed by atoms with Crippen molar-refractivity contribution in [2.45, 2.75) is 25.1 Å². The Balaban J connectivity index is 1.82. The number of amides is 1. The van der Waals surface area contributed by atoms with Crippen molar-refractivity contribution in [1.29, 1.82) is 0 Å². The third-order valence-corrected chi connectivity index (χ3v) is 3.88. The predicted octanol–water partition coefficient (Wildman–Crippen LogP) is 1.64. The van der Waals surface area contributed by atoms with Crippen molar-refractivity contribution in [2.75, 3.05) is 7.05 Å². The number of nitrogens with one attached hydrogen (secondary N) is 2. The highest BCUT2D eigenvalue weighted by Gasteiger charge is 2.42. The number of aryl methyl sites for hydroxylation is 1. The van der Waals surface area contributed by atoms with Gasteiger partial charge in [0.2, 0.25) is 5.72 Å². The fourth-order valence-corrected chi connectivity index (χ4v) is 2.66. The summed E-state index contributed by atoms with van der Waals surface area (Å²) >= 11 is 0. The van der Waals surface area contributed by atoms with Gasteiger partial charge in [-0.2, -0.15) is 0 Å². The summed E-state index contributed by atoms with van der Waals surface area (Å²) in [5, 5.41) is 5.94. The molecule has 0 saturated heterocycles. The lowest BCUT2D eigenvalue weighted by molar-refractivity contribution is -0.141. The van der Waals surface area contributed by atoms with Crippen LogP contribution in [0.1, 0.15) is 17.7 Å². The number of carbonyl (C=O) groups is 1. The Kier molecular flexibility index (Phi) is 4.06. The number of hydrogen-bond acceptors (Lipinski definition) is 4. The van der Waals surface area contributed by atoms with E-state index < -0.39 is 5.72 Å². The molecule has 114 valence electrons. The predicted molar refractivity (Wildman–Crippen MR) is 83.3 cm³/mol. The molecule has 2 aromatic rings. The minimum Gasteiger partial charge on any atom is -0.463 e. The average Bonchev–Trinajstić information content (AvgIpc) is 2.60. The number of fused-ring (bicyclic) bond motifs is 1. The lowest BCUT2D eigenvalue weighted by Crippen LogP contribution is -2.61. The van der Waals surface area contributed by atoms with Crippen molar-refractivity contribution in [1.82, 2.24) is 15.6 Å². The summed E-state index contributed by atoms with van der Waals surface area (Å²) in [6, 6.07) is 13.5. The minimum atomic E-state index is -1.05. The summed E-state index contributed by atoms with van der Waals surface area (Å²) in [4.78, 5) is 16.7. The number of pyridine rings is 1. The third-order valence-electron chi connectivity index (χ3n) is 3.88. The average molecular weight is 297 g/mol. The molecular formula is C17H19N3O2. The second-order valence-electron chi connectivity index (χ2n) is 5.29. The van der Waals surface area contributed by atoms with Crippen LogP contribution in [0, 0.1) is 0 Å². The zero-order valence-corrected chi connectivity index (χ0v) is 12.5. The highest BCUT2D eigenvalue weighted by molar-refractivity contribution is 5.85. The molecule has 1 aliphatic heterocycles. The molecule has 5 heteroatoms. The molecule has 3 rings (SSSR count). The van der Waals surface area contributed by atoms with E-state index in [2.05, 4.69) is 15.6 Å². The molecule has 0 spiro atoms. The van der Waals surface area contributed by atoms with Crippen LogP contribution in [0.4, 0.5) is 0 Å². The summed E-state index contributed by atoms with van der Waals surface area (Å²) in [6.45, 7) is 0.469. The van der Waals surface area contributed by atoms with Crippen molar-refractivity contribution in [3.8, 4) is 5.75 Å². The number of hydrogen-bond donors (Lipinski definition) is 2. The van der Waals surface area contributed by atoms with Crippen molar-refractivity contribution < 1.29 is 9.53 Å². The Hall–Kier alpha value is -2.40. The molecule has 5 nitrogen and oxygen atoms in total. The van der Waals surface area contributed by atoms with Crippen LogP contribution in [0.5, 0.6) is 5.75 Å². The lowest BCUT2D eigenvalue weighted by Gasteiger charge is -2.37. The van der Waals surface area contributed by atoms with E-state index in [1.165, 1.54) is 0 Å². The smallest absolute Gasteiger partial charge is 0.279 e. The summed E-state index contributed by atoms with van der Waals surface area (Å²) in [7, 11) is 1.62. The molecule has 0 bridgehead atoms. The maximum Gasteiger partial charge on any atom is 0.279 e. The Morgan fingerprint density at radius 3 is 2.86 bits per heavy atom. The Morgan fingerprint density at radius 2 is 2.09 bits per heavy atom. The van der Waals surface area contributed by atoms with E-state index in [4.69, 9.17) is 4.74 Å². The second-order valence-corrected chi connectivity index (χ2v) is 5.29. The third kappa shape index (κ3) is 2.80. The summed E-state index contributed by atoms with van der Waals surface area (Å²) in [6.07, 6.45) is 3.11. The molecule has 0 unspecified atom stereocenters. The first-order valence-corrected chi connectivity index (χ1v) is 7.37. The number of nitrogens with zero attached hydrogens (tertiary/aromatic N) is 1. The van der Waals surface area contributed by atoms with Gasteiger partial charge in [0, 0.05) is 26.2 Å². The minimum absolute atomic E-state index is 0.169. The number of para-hydroxylation sites is 1.